The Kier molecular flexibility index (Phi) is 5.36. The summed E-state index contributed by atoms with van der Waals surface area (Å²) in [5.74, 6) is 0. The van der Waals surface area contributed by atoms with Gasteiger partial charge < -0.3 is 4.42 Å². The molecule has 0 saturated heterocycles. The highest BCUT2D eigenvalue weighted by atomic mass is 35.5. The van der Waals surface area contributed by atoms with Crippen LogP contribution in [0.4, 0.5) is 18.9 Å². The lowest BCUT2D eigenvalue weighted by Crippen LogP contribution is -2.15. The fourth-order valence-electron chi connectivity index (χ4n) is 2.96. The molecule has 4 aromatic rings. The minimum atomic E-state index is -4.69. The van der Waals surface area contributed by atoms with E-state index in [0.717, 1.165) is 12.1 Å². The van der Waals surface area contributed by atoms with Gasteiger partial charge in [-0.2, -0.15) is 13.2 Å². The molecule has 0 radical (unpaired) electrons. The summed E-state index contributed by atoms with van der Waals surface area (Å²) in [5, 5.41) is 0.0158. The first-order valence-corrected chi connectivity index (χ1v) is 10.8. The molecular weight excluding hydrogens is 451 g/mol. The van der Waals surface area contributed by atoms with Crippen LogP contribution in [0.3, 0.4) is 0 Å². The van der Waals surface area contributed by atoms with Gasteiger partial charge in [0, 0.05) is 5.39 Å². The number of hydrogen-bond acceptors (Lipinski definition) is 4. The SMILES string of the molecule is O=S(=O)(c1ccccc1)c1cc2ccccc2oc1=Nc1ccc(Cl)c(C(F)(F)F)c1. The van der Waals surface area contributed by atoms with E-state index >= 15 is 0 Å². The van der Waals surface area contributed by atoms with Crippen molar-refractivity contribution in [3.8, 4) is 0 Å². The first-order chi connectivity index (χ1) is 14.7. The molecule has 0 atom stereocenters. The van der Waals surface area contributed by atoms with Crippen LogP contribution in [0.25, 0.3) is 11.0 Å². The van der Waals surface area contributed by atoms with Crippen molar-refractivity contribution >= 4 is 38.1 Å². The van der Waals surface area contributed by atoms with Crippen molar-refractivity contribution in [3.05, 3.63) is 95.0 Å². The number of nitrogens with zero attached hydrogens (tertiary/aromatic N) is 1. The van der Waals surface area contributed by atoms with E-state index in [4.69, 9.17) is 16.0 Å². The second kappa shape index (κ2) is 7.86. The van der Waals surface area contributed by atoms with Crippen LogP contribution in [0.5, 0.6) is 0 Å². The topological polar surface area (TPSA) is 59.6 Å². The van der Waals surface area contributed by atoms with Crippen LogP contribution in [0, 0.1) is 0 Å². The van der Waals surface area contributed by atoms with Crippen molar-refractivity contribution in [1.82, 2.24) is 0 Å². The summed E-state index contributed by atoms with van der Waals surface area (Å²) in [6, 6.07) is 18.7. The van der Waals surface area contributed by atoms with Gasteiger partial charge in [-0.1, -0.05) is 48.0 Å². The Balaban J connectivity index is 2.01. The van der Waals surface area contributed by atoms with Crippen molar-refractivity contribution in [2.75, 3.05) is 0 Å². The Labute approximate surface area is 180 Å². The van der Waals surface area contributed by atoms with E-state index in [1.165, 1.54) is 24.3 Å². The zero-order chi connectivity index (χ0) is 22.2. The Morgan fingerprint density at radius 2 is 1.55 bits per heavy atom. The highest BCUT2D eigenvalue weighted by Gasteiger charge is 2.33. The summed E-state index contributed by atoms with van der Waals surface area (Å²) in [7, 11) is -4.06. The molecule has 0 fully saturated rings. The number of fused-ring (bicyclic) bond motifs is 1. The van der Waals surface area contributed by atoms with E-state index in [2.05, 4.69) is 4.99 Å². The molecule has 3 aromatic carbocycles. The molecule has 0 saturated carbocycles. The molecule has 0 amide bonds. The molecule has 0 N–H and O–H groups in total. The van der Waals surface area contributed by atoms with Crippen LogP contribution in [-0.4, -0.2) is 8.42 Å². The maximum atomic E-state index is 13.2. The number of rotatable bonds is 3. The van der Waals surface area contributed by atoms with Crippen LogP contribution in [0.1, 0.15) is 5.56 Å². The van der Waals surface area contributed by atoms with Crippen molar-refractivity contribution < 1.29 is 26.0 Å². The van der Waals surface area contributed by atoms with E-state index < -0.39 is 26.6 Å². The van der Waals surface area contributed by atoms with Crippen LogP contribution < -0.4 is 5.55 Å². The lowest BCUT2D eigenvalue weighted by atomic mass is 10.2. The number of halogens is 4. The zero-order valence-corrected chi connectivity index (χ0v) is 17.2. The predicted molar refractivity (Wildman–Crippen MR) is 110 cm³/mol. The Morgan fingerprint density at radius 1 is 0.871 bits per heavy atom. The average molecular weight is 464 g/mol. The molecule has 4 rings (SSSR count). The summed E-state index contributed by atoms with van der Waals surface area (Å²) in [5.41, 5.74) is -1.24. The van der Waals surface area contributed by atoms with Crippen LogP contribution >= 0.6 is 11.6 Å². The van der Waals surface area contributed by atoms with Gasteiger partial charge in [0.15, 0.2) is 0 Å². The van der Waals surface area contributed by atoms with Crippen LogP contribution in [0.15, 0.2) is 98.1 Å². The van der Waals surface area contributed by atoms with Crippen molar-refractivity contribution in [1.29, 1.82) is 0 Å². The smallest absolute Gasteiger partial charge is 0.417 e. The lowest BCUT2D eigenvalue weighted by molar-refractivity contribution is -0.137. The highest BCUT2D eigenvalue weighted by Crippen LogP contribution is 2.36. The minimum Gasteiger partial charge on any atom is -0.437 e. The predicted octanol–water partition coefficient (Wildman–Crippen LogP) is 6.17. The summed E-state index contributed by atoms with van der Waals surface area (Å²) in [6.45, 7) is 0. The van der Waals surface area contributed by atoms with Gasteiger partial charge in [-0.05, 0) is 42.5 Å². The molecule has 0 unspecified atom stereocenters. The van der Waals surface area contributed by atoms with Crippen molar-refractivity contribution in [2.24, 2.45) is 4.99 Å². The van der Waals surface area contributed by atoms with E-state index in [1.807, 2.05) is 0 Å². The fraction of sp³-hybridized carbons (Fsp3) is 0.0455. The molecule has 0 aliphatic heterocycles. The highest BCUT2D eigenvalue weighted by molar-refractivity contribution is 7.91. The van der Waals surface area contributed by atoms with Crippen LogP contribution in [-0.2, 0) is 16.0 Å². The first kappa shape index (κ1) is 21.1. The van der Waals surface area contributed by atoms with Gasteiger partial charge in [-0.3, -0.25) is 0 Å². The minimum absolute atomic E-state index is 0.00372. The Hall–Kier alpha value is -3.10. The largest absolute Gasteiger partial charge is 0.437 e. The molecule has 0 bridgehead atoms. The van der Waals surface area contributed by atoms with E-state index in [-0.39, 0.29) is 21.0 Å². The zero-order valence-electron chi connectivity index (χ0n) is 15.6. The van der Waals surface area contributed by atoms with Gasteiger partial charge in [-0.15, -0.1) is 0 Å². The third-order valence-electron chi connectivity index (χ3n) is 4.45. The molecular formula is C22H13ClF3NO3S. The van der Waals surface area contributed by atoms with Gasteiger partial charge in [0.2, 0.25) is 15.4 Å². The number of alkyl halides is 3. The fourth-order valence-corrected chi connectivity index (χ4v) is 4.56. The molecule has 0 aliphatic carbocycles. The van der Waals surface area contributed by atoms with Crippen molar-refractivity contribution in [2.45, 2.75) is 16.0 Å². The average Bonchev–Trinajstić information content (AvgIpc) is 2.74. The standard InChI is InChI=1S/C22H13ClF3NO3S/c23-18-11-10-15(13-17(18)22(24,25)26)27-21-20(12-14-6-4-5-9-19(14)30-21)31(28,29)16-7-2-1-3-8-16/h1-13H. The van der Waals surface area contributed by atoms with E-state index in [1.54, 1.807) is 42.5 Å². The summed E-state index contributed by atoms with van der Waals surface area (Å²) in [6.07, 6.45) is -4.69. The van der Waals surface area contributed by atoms with E-state index in [9.17, 15) is 21.6 Å². The van der Waals surface area contributed by atoms with Gasteiger partial charge in [-0.25, -0.2) is 13.4 Å². The second-order valence-corrected chi connectivity index (χ2v) is 8.87. The second-order valence-electron chi connectivity index (χ2n) is 6.54. The molecule has 0 spiro atoms. The number of sulfone groups is 1. The van der Waals surface area contributed by atoms with Crippen molar-refractivity contribution in [3.63, 3.8) is 0 Å². The van der Waals surface area contributed by atoms with Gasteiger partial charge >= 0.3 is 6.18 Å². The molecule has 9 heteroatoms. The monoisotopic (exact) mass is 463 g/mol. The maximum absolute atomic E-state index is 13.2. The Morgan fingerprint density at radius 3 is 2.26 bits per heavy atom. The van der Waals surface area contributed by atoms with Gasteiger partial charge in [0.25, 0.3) is 0 Å². The van der Waals surface area contributed by atoms with E-state index in [0.29, 0.717) is 11.0 Å². The number of benzene rings is 3. The molecule has 0 aliphatic rings. The molecule has 31 heavy (non-hydrogen) atoms. The first-order valence-electron chi connectivity index (χ1n) is 8.91. The lowest BCUT2D eigenvalue weighted by Gasteiger charge is -2.10. The number of hydrogen-bond donors (Lipinski definition) is 0. The molecule has 4 nitrogen and oxygen atoms in total. The summed E-state index contributed by atoms with van der Waals surface area (Å²) >= 11 is 5.66. The maximum Gasteiger partial charge on any atom is 0.417 e. The molecule has 1 aromatic heterocycles. The summed E-state index contributed by atoms with van der Waals surface area (Å²) < 4.78 is 71.9. The Bertz CT molecular complexity index is 1450. The third kappa shape index (κ3) is 4.22. The van der Waals surface area contributed by atoms with Gasteiger partial charge in [0.1, 0.15) is 10.5 Å². The third-order valence-corrected chi connectivity index (χ3v) is 6.55. The van der Waals surface area contributed by atoms with Crippen LogP contribution in [0.2, 0.25) is 5.02 Å². The summed E-state index contributed by atoms with van der Waals surface area (Å²) in [4.78, 5) is 3.83. The van der Waals surface area contributed by atoms with Gasteiger partial charge in [0.05, 0.1) is 21.2 Å². The normalized spacial score (nSPS) is 13.0. The molecule has 1 heterocycles. The molecule has 158 valence electrons. The quantitative estimate of drug-likeness (QED) is 0.365. The number of para-hydroxylation sites is 1.